The molecule has 3 unspecified atom stereocenters. The molecular formula is C12H20F2O6S. The SMILES string of the molecule is CCC(O)(CC)C1CC1C(=O)OC(C)C(F)(F)S(=O)(=O)O. The molecule has 1 rings (SSSR count). The lowest BCUT2D eigenvalue weighted by Gasteiger charge is -2.26. The summed E-state index contributed by atoms with van der Waals surface area (Å²) in [4.78, 5) is 11.7. The highest BCUT2D eigenvalue weighted by molar-refractivity contribution is 7.86. The molecule has 1 saturated carbocycles. The Morgan fingerprint density at radius 2 is 1.86 bits per heavy atom. The highest BCUT2D eigenvalue weighted by Crippen LogP contribution is 2.50. The average molecular weight is 330 g/mol. The van der Waals surface area contributed by atoms with E-state index < -0.39 is 39.0 Å². The minimum absolute atomic E-state index is 0.307. The summed E-state index contributed by atoms with van der Waals surface area (Å²) in [6, 6.07) is 0. The third-order valence-electron chi connectivity index (χ3n) is 4.12. The lowest BCUT2D eigenvalue weighted by molar-refractivity contribution is -0.162. The predicted octanol–water partition coefficient (Wildman–Crippen LogP) is 1.59. The number of halogens is 2. The monoisotopic (exact) mass is 330 g/mol. The molecule has 0 saturated heterocycles. The van der Waals surface area contributed by atoms with Crippen LogP contribution in [0.4, 0.5) is 8.78 Å². The number of carbonyl (C=O) groups excluding carboxylic acids is 1. The molecule has 3 atom stereocenters. The molecule has 2 N–H and O–H groups in total. The van der Waals surface area contributed by atoms with Gasteiger partial charge < -0.3 is 9.84 Å². The smallest absolute Gasteiger partial charge is 0.405 e. The van der Waals surface area contributed by atoms with Crippen molar-refractivity contribution in [1.82, 2.24) is 0 Å². The van der Waals surface area contributed by atoms with E-state index in [-0.39, 0.29) is 5.92 Å². The zero-order valence-corrected chi connectivity index (χ0v) is 12.9. The van der Waals surface area contributed by atoms with Gasteiger partial charge >= 0.3 is 21.3 Å². The largest absolute Gasteiger partial charge is 0.455 e. The summed E-state index contributed by atoms with van der Waals surface area (Å²) in [7, 11) is -5.66. The van der Waals surface area contributed by atoms with Gasteiger partial charge in [-0.1, -0.05) is 13.8 Å². The second-order valence-corrected chi connectivity index (χ2v) is 6.87. The Morgan fingerprint density at radius 1 is 1.38 bits per heavy atom. The fourth-order valence-corrected chi connectivity index (χ4v) is 2.83. The van der Waals surface area contributed by atoms with Crippen molar-refractivity contribution in [3.63, 3.8) is 0 Å². The summed E-state index contributed by atoms with van der Waals surface area (Å²) in [5.41, 5.74) is -1.06. The van der Waals surface area contributed by atoms with Crippen LogP contribution in [-0.2, 0) is 19.6 Å². The van der Waals surface area contributed by atoms with Crippen molar-refractivity contribution in [2.75, 3.05) is 0 Å². The summed E-state index contributed by atoms with van der Waals surface area (Å²) in [6.45, 7) is 4.19. The van der Waals surface area contributed by atoms with E-state index in [1.54, 1.807) is 13.8 Å². The zero-order valence-electron chi connectivity index (χ0n) is 12.0. The molecule has 0 aromatic rings. The third kappa shape index (κ3) is 3.51. The summed E-state index contributed by atoms with van der Waals surface area (Å²) < 4.78 is 60.5. The minimum Gasteiger partial charge on any atom is -0.455 e. The van der Waals surface area contributed by atoms with E-state index in [4.69, 9.17) is 4.55 Å². The van der Waals surface area contributed by atoms with Crippen LogP contribution in [0.15, 0.2) is 0 Å². The van der Waals surface area contributed by atoms with Crippen molar-refractivity contribution < 1.29 is 36.4 Å². The van der Waals surface area contributed by atoms with Gasteiger partial charge in [-0.15, -0.1) is 0 Å². The van der Waals surface area contributed by atoms with Crippen LogP contribution in [-0.4, -0.2) is 41.0 Å². The lowest BCUT2D eigenvalue weighted by atomic mass is 9.90. The summed E-state index contributed by atoms with van der Waals surface area (Å²) >= 11 is 0. The van der Waals surface area contributed by atoms with Gasteiger partial charge in [0.25, 0.3) is 0 Å². The van der Waals surface area contributed by atoms with Crippen molar-refractivity contribution in [2.24, 2.45) is 11.8 Å². The van der Waals surface area contributed by atoms with Gasteiger partial charge in [0.1, 0.15) is 0 Å². The van der Waals surface area contributed by atoms with Crippen molar-refractivity contribution in [2.45, 2.75) is 57.0 Å². The molecule has 0 amide bonds. The molecule has 0 aliphatic heterocycles. The van der Waals surface area contributed by atoms with Gasteiger partial charge in [-0.2, -0.15) is 17.2 Å². The molecule has 0 aromatic heterocycles. The molecule has 0 radical (unpaired) electrons. The minimum atomic E-state index is -5.66. The molecule has 0 aromatic carbocycles. The Kier molecular flexibility index (Phi) is 5.01. The molecule has 0 spiro atoms. The van der Waals surface area contributed by atoms with E-state index >= 15 is 0 Å². The fraction of sp³-hybridized carbons (Fsp3) is 0.917. The quantitative estimate of drug-likeness (QED) is 0.543. The Hall–Kier alpha value is -0.800. The lowest BCUT2D eigenvalue weighted by Crippen LogP contribution is -2.42. The van der Waals surface area contributed by atoms with Crippen LogP contribution < -0.4 is 0 Å². The van der Waals surface area contributed by atoms with Crippen LogP contribution in [0.25, 0.3) is 0 Å². The molecule has 0 heterocycles. The van der Waals surface area contributed by atoms with E-state index in [2.05, 4.69) is 4.74 Å². The van der Waals surface area contributed by atoms with E-state index in [1.807, 2.05) is 0 Å². The number of alkyl halides is 2. The Morgan fingerprint density at radius 3 is 2.24 bits per heavy atom. The van der Waals surface area contributed by atoms with Gasteiger partial charge in [-0.25, -0.2) is 0 Å². The molecular weight excluding hydrogens is 310 g/mol. The summed E-state index contributed by atoms with van der Waals surface area (Å²) in [5.74, 6) is -2.10. The number of rotatable bonds is 7. The van der Waals surface area contributed by atoms with Gasteiger partial charge in [-0.3, -0.25) is 9.35 Å². The topological polar surface area (TPSA) is 101 Å². The Bertz CT molecular complexity index is 500. The van der Waals surface area contributed by atoms with Crippen LogP contribution in [0.3, 0.4) is 0 Å². The molecule has 21 heavy (non-hydrogen) atoms. The number of aliphatic hydroxyl groups is 1. The first-order chi connectivity index (χ1) is 9.40. The van der Waals surface area contributed by atoms with Gasteiger partial charge in [0.2, 0.25) is 0 Å². The normalized spacial score (nSPS) is 24.5. The van der Waals surface area contributed by atoms with Gasteiger partial charge in [0.05, 0.1) is 11.5 Å². The average Bonchev–Trinajstić information content (AvgIpc) is 3.17. The number of ether oxygens (including phenoxy) is 1. The summed E-state index contributed by atoms with van der Waals surface area (Å²) in [5, 5.41) is 5.65. The second kappa shape index (κ2) is 5.77. The van der Waals surface area contributed by atoms with E-state index in [1.165, 1.54) is 0 Å². The molecule has 124 valence electrons. The second-order valence-electron chi connectivity index (χ2n) is 5.38. The molecule has 6 nitrogen and oxygen atoms in total. The van der Waals surface area contributed by atoms with Gasteiger partial charge in [0.15, 0.2) is 6.10 Å². The first-order valence-electron chi connectivity index (χ1n) is 6.68. The standard InChI is InChI=1S/C12H20F2O6S/c1-4-11(16,5-2)9-6-8(9)10(15)20-7(3)12(13,14)21(17,18)19/h7-9,16H,4-6H2,1-3H3,(H,17,18,19). The van der Waals surface area contributed by atoms with Crippen LogP contribution in [0.1, 0.15) is 40.0 Å². The molecule has 1 fully saturated rings. The van der Waals surface area contributed by atoms with Crippen LogP contribution >= 0.6 is 0 Å². The third-order valence-corrected chi connectivity index (χ3v) is 5.14. The molecule has 0 bridgehead atoms. The highest BCUT2D eigenvalue weighted by Gasteiger charge is 2.57. The first-order valence-corrected chi connectivity index (χ1v) is 8.12. The first kappa shape index (κ1) is 18.2. The van der Waals surface area contributed by atoms with E-state index in [0.29, 0.717) is 26.2 Å². The van der Waals surface area contributed by atoms with Crippen molar-refractivity contribution in [3.8, 4) is 0 Å². The van der Waals surface area contributed by atoms with Gasteiger partial charge in [0, 0.05) is 5.92 Å². The Balaban J connectivity index is 2.69. The van der Waals surface area contributed by atoms with Crippen molar-refractivity contribution in [3.05, 3.63) is 0 Å². The van der Waals surface area contributed by atoms with Crippen LogP contribution in [0.5, 0.6) is 0 Å². The molecule has 1 aliphatic carbocycles. The maximum absolute atomic E-state index is 13.3. The summed E-state index contributed by atoms with van der Waals surface area (Å²) in [6.07, 6.45) is -1.18. The van der Waals surface area contributed by atoms with Crippen molar-refractivity contribution in [1.29, 1.82) is 0 Å². The Labute approximate surface area is 122 Å². The fourth-order valence-electron chi connectivity index (χ4n) is 2.36. The predicted molar refractivity (Wildman–Crippen MR) is 69.2 cm³/mol. The highest BCUT2D eigenvalue weighted by atomic mass is 32.2. The maximum atomic E-state index is 13.3. The van der Waals surface area contributed by atoms with Gasteiger partial charge in [-0.05, 0) is 26.2 Å². The molecule has 9 heteroatoms. The zero-order chi connectivity index (χ0) is 16.6. The number of hydrogen-bond donors (Lipinski definition) is 2. The van der Waals surface area contributed by atoms with E-state index in [9.17, 15) is 27.1 Å². The van der Waals surface area contributed by atoms with E-state index in [0.717, 1.165) is 0 Å². The maximum Gasteiger partial charge on any atom is 0.405 e. The van der Waals surface area contributed by atoms with Crippen molar-refractivity contribution >= 4 is 16.1 Å². The molecule has 1 aliphatic rings. The number of carbonyl (C=O) groups is 1. The number of esters is 1. The number of hydrogen-bond acceptors (Lipinski definition) is 5. The van der Waals surface area contributed by atoms with Crippen LogP contribution in [0.2, 0.25) is 0 Å². The van der Waals surface area contributed by atoms with Crippen LogP contribution in [0, 0.1) is 11.8 Å².